The number of carbonyl (C=O) groups is 1. The molecule has 0 aliphatic heterocycles. The molecule has 9 nitrogen and oxygen atoms in total. The molecule has 10 heteroatoms. The zero-order valence-electron chi connectivity index (χ0n) is 15.6. The van der Waals surface area contributed by atoms with E-state index in [2.05, 4.69) is 20.9 Å². The molecule has 0 radical (unpaired) electrons. The molecular weight excluding hydrogens is 458 g/mol. The summed E-state index contributed by atoms with van der Waals surface area (Å²) in [6.45, 7) is 1.87. The van der Waals surface area contributed by atoms with Crippen LogP contribution in [0.15, 0.2) is 56.4 Å². The number of hydrogen-bond donors (Lipinski definition) is 0. The summed E-state index contributed by atoms with van der Waals surface area (Å²) < 4.78 is 12.9. The normalized spacial score (nSPS) is 11.1. The van der Waals surface area contributed by atoms with E-state index < -0.39 is 16.5 Å². The molecule has 4 aromatic rings. The third-order valence-corrected chi connectivity index (χ3v) is 5.05. The van der Waals surface area contributed by atoms with Crippen molar-refractivity contribution in [2.24, 2.45) is 0 Å². The molecule has 0 saturated carbocycles. The zero-order chi connectivity index (χ0) is 21.4. The van der Waals surface area contributed by atoms with E-state index in [1.165, 1.54) is 29.1 Å². The van der Waals surface area contributed by atoms with Crippen molar-refractivity contribution in [1.29, 1.82) is 0 Å². The molecule has 0 aliphatic rings. The molecule has 0 saturated heterocycles. The second kappa shape index (κ2) is 7.71. The summed E-state index contributed by atoms with van der Waals surface area (Å²) in [6, 6.07) is 9.16. The molecule has 2 aromatic heterocycles. The predicted octanol–water partition coefficient (Wildman–Crippen LogP) is 4.04. The number of ether oxygens (including phenoxy) is 1. The molecule has 2 aromatic carbocycles. The Hall–Kier alpha value is -3.53. The molecule has 0 spiro atoms. The minimum atomic E-state index is -0.628. The number of benzene rings is 2. The van der Waals surface area contributed by atoms with E-state index in [9.17, 15) is 19.7 Å². The molecule has 30 heavy (non-hydrogen) atoms. The number of fused-ring (bicyclic) bond motifs is 2. The van der Waals surface area contributed by atoms with Gasteiger partial charge in [0.1, 0.15) is 5.58 Å². The highest BCUT2D eigenvalue weighted by Gasteiger charge is 2.23. The molecular formula is C20H14BrN3O6. The van der Waals surface area contributed by atoms with Crippen LogP contribution in [0.2, 0.25) is 0 Å². The first-order valence-corrected chi connectivity index (χ1v) is 9.70. The Balaban J connectivity index is 1.85. The van der Waals surface area contributed by atoms with E-state index in [4.69, 9.17) is 9.15 Å². The smallest absolute Gasteiger partial charge is 0.374 e. The van der Waals surface area contributed by atoms with Crippen molar-refractivity contribution >= 4 is 49.5 Å². The number of furan rings is 1. The summed E-state index contributed by atoms with van der Waals surface area (Å²) >= 11 is 3.40. The first-order valence-electron chi connectivity index (χ1n) is 8.90. The number of hydrogen-bond acceptors (Lipinski definition) is 7. The average Bonchev–Trinajstić information content (AvgIpc) is 3.07. The van der Waals surface area contributed by atoms with E-state index in [1.54, 1.807) is 25.1 Å². The lowest BCUT2D eigenvalue weighted by Crippen LogP contribution is -2.22. The molecule has 0 fully saturated rings. The Morgan fingerprint density at radius 3 is 2.80 bits per heavy atom. The highest BCUT2D eigenvalue weighted by Crippen LogP contribution is 2.30. The van der Waals surface area contributed by atoms with Crippen LogP contribution in [0.5, 0.6) is 0 Å². The summed E-state index contributed by atoms with van der Waals surface area (Å²) in [6.07, 6.45) is 1.29. The van der Waals surface area contributed by atoms with Crippen LogP contribution in [0.3, 0.4) is 0 Å². The van der Waals surface area contributed by atoms with Crippen molar-refractivity contribution in [1.82, 2.24) is 9.55 Å². The van der Waals surface area contributed by atoms with E-state index in [-0.39, 0.29) is 35.5 Å². The second-order valence-corrected chi connectivity index (χ2v) is 7.32. The lowest BCUT2D eigenvalue weighted by atomic mass is 10.1. The van der Waals surface area contributed by atoms with Crippen LogP contribution in [0.4, 0.5) is 5.69 Å². The van der Waals surface area contributed by atoms with Gasteiger partial charge in [0.25, 0.3) is 11.2 Å². The fraction of sp³-hybridized carbons (Fsp3) is 0.150. The van der Waals surface area contributed by atoms with Crippen molar-refractivity contribution < 1.29 is 18.9 Å². The Morgan fingerprint density at radius 1 is 1.27 bits per heavy atom. The van der Waals surface area contributed by atoms with Gasteiger partial charge in [0.2, 0.25) is 5.76 Å². The Labute approximate surface area is 177 Å². The van der Waals surface area contributed by atoms with Gasteiger partial charge >= 0.3 is 5.97 Å². The van der Waals surface area contributed by atoms with E-state index in [0.29, 0.717) is 16.5 Å². The lowest BCUT2D eigenvalue weighted by Gasteiger charge is -2.08. The van der Waals surface area contributed by atoms with Gasteiger partial charge in [0.05, 0.1) is 35.3 Å². The number of rotatable bonds is 5. The van der Waals surface area contributed by atoms with Crippen molar-refractivity contribution in [3.63, 3.8) is 0 Å². The van der Waals surface area contributed by atoms with E-state index in [0.717, 1.165) is 4.47 Å². The number of non-ortho nitro benzene ring substituents is 1. The summed E-state index contributed by atoms with van der Waals surface area (Å²) in [4.78, 5) is 39.9. The van der Waals surface area contributed by atoms with Gasteiger partial charge in [0, 0.05) is 27.6 Å². The van der Waals surface area contributed by atoms with Gasteiger partial charge in [-0.1, -0.05) is 15.9 Å². The summed E-state index contributed by atoms with van der Waals surface area (Å²) in [5.74, 6) is -0.613. The maximum Gasteiger partial charge on any atom is 0.374 e. The Morgan fingerprint density at radius 2 is 2.07 bits per heavy atom. The Bertz CT molecular complexity index is 1370. The highest BCUT2D eigenvalue weighted by atomic mass is 79.9. The first kappa shape index (κ1) is 19.8. The average molecular weight is 472 g/mol. The standard InChI is InChI=1S/C20H14BrN3O6/c1-2-29-20(26)18-15(14-7-11(21)3-6-17(14)30-18)9-23-10-22-16-8-12(24(27)28)4-5-13(16)19(23)25/h3-8,10H,2,9H2,1H3. The zero-order valence-corrected chi connectivity index (χ0v) is 17.2. The van der Waals surface area contributed by atoms with Crippen LogP contribution in [-0.2, 0) is 11.3 Å². The lowest BCUT2D eigenvalue weighted by molar-refractivity contribution is -0.384. The third-order valence-electron chi connectivity index (χ3n) is 4.56. The molecule has 2 heterocycles. The summed E-state index contributed by atoms with van der Waals surface area (Å²) in [7, 11) is 0. The Kier molecular flexibility index (Phi) is 5.08. The molecule has 4 rings (SSSR count). The van der Waals surface area contributed by atoms with Crippen LogP contribution in [0, 0.1) is 10.1 Å². The quantitative estimate of drug-likeness (QED) is 0.244. The van der Waals surface area contributed by atoms with Gasteiger partial charge in [-0.25, -0.2) is 9.78 Å². The molecule has 0 bridgehead atoms. The third kappa shape index (κ3) is 3.45. The van der Waals surface area contributed by atoms with Gasteiger partial charge < -0.3 is 9.15 Å². The number of carbonyl (C=O) groups excluding carboxylic acids is 1. The van der Waals surface area contributed by atoms with E-state index >= 15 is 0 Å². The van der Waals surface area contributed by atoms with Crippen LogP contribution >= 0.6 is 15.9 Å². The maximum atomic E-state index is 12.9. The van der Waals surface area contributed by atoms with Crippen molar-refractivity contribution in [3.05, 3.63) is 79.0 Å². The van der Waals surface area contributed by atoms with Gasteiger partial charge in [-0.05, 0) is 31.2 Å². The van der Waals surface area contributed by atoms with Gasteiger partial charge in [0.15, 0.2) is 0 Å². The van der Waals surface area contributed by atoms with Crippen LogP contribution in [0.25, 0.3) is 21.9 Å². The molecule has 0 atom stereocenters. The van der Waals surface area contributed by atoms with Gasteiger partial charge in [-0.15, -0.1) is 0 Å². The fourth-order valence-electron chi connectivity index (χ4n) is 3.18. The molecule has 152 valence electrons. The number of nitro benzene ring substituents is 1. The van der Waals surface area contributed by atoms with Crippen molar-refractivity contribution in [2.45, 2.75) is 13.5 Å². The number of aromatic nitrogens is 2. The number of nitrogens with zero attached hydrogens (tertiary/aromatic N) is 3. The topological polar surface area (TPSA) is 117 Å². The first-order chi connectivity index (χ1) is 14.4. The van der Waals surface area contributed by atoms with Crippen LogP contribution in [-0.4, -0.2) is 27.1 Å². The fourth-order valence-corrected chi connectivity index (χ4v) is 3.54. The van der Waals surface area contributed by atoms with Gasteiger partial charge in [-0.3, -0.25) is 19.5 Å². The van der Waals surface area contributed by atoms with Crippen molar-refractivity contribution in [3.8, 4) is 0 Å². The minimum absolute atomic E-state index is 0.0103. The minimum Gasteiger partial charge on any atom is -0.460 e. The van der Waals surface area contributed by atoms with Crippen molar-refractivity contribution in [2.75, 3.05) is 6.61 Å². The molecule has 0 aliphatic carbocycles. The monoisotopic (exact) mass is 471 g/mol. The number of halogens is 1. The number of nitro groups is 1. The SMILES string of the molecule is CCOC(=O)c1oc2ccc(Br)cc2c1Cn1cnc2cc([N+](=O)[O-])ccc2c1=O. The molecule has 0 N–H and O–H groups in total. The highest BCUT2D eigenvalue weighted by molar-refractivity contribution is 9.10. The van der Waals surface area contributed by atoms with Crippen LogP contribution < -0.4 is 5.56 Å². The largest absolute Gasteiger partial charge is 0.460 e. The van der Waals surface area contributed by atoms with E-state index in [1.807, 2.05) is 0 Å². The van der Waals surface area contributed by atoms with Gasteiger partial charge in [-0.2, -0.15) is 0 Å². The molecule has 0 amide bonds. The maximum absolute atomic E-state index is 12.9. The number of esters is 1. The molecule has 0 unspecified atom stereocenters. The predicted molar refractivity (Wildman–Crippen MR) is 112 cm³/mol. The second-order valence-electron chi connectivity index (χ2n) is 6.41. The van der Waals surface area contributed by atoms with Crippen LogP contribution in [0.1, 0.15) is 23.0 Å². The summed E-state index contributed by atoms with van der Waals surface area (Å²) in [5, 5.41) is 11.8. The summed E-state index contributed by atoms with van der Waals surface area (Å²) in [5.41, 5.74) is 0.635.